The number of hydrogen-bond acceptors (Lipinski definition) is 4. The number of hydrogen-bond donors (Lipinski definition) is 1. The molecule has 0 bridgehead atoms. The molecule has 5 nitrogen and oxygen atoms in total. The molecule has 136 valence electrons. The lowest BCUT2D eigenvalue weighted by Gasteiger charge is -2.33. The van der Waals surface area contributed by atoms with Gasteiger partial charge in [0.05, 0.1) is 0 Å². The van der Waals surface area contributed by atoms with E-state index in [1.165, 1.54) is 11.8 Å². The molecular formula is C20H23N3O2S. The maximum absolute atomic E-state index is 12.4. The number of amides is 2. The highest BCUT2D eigenvalue weighted by atomic mass is 32.1. The molecule has 2 heterocycles. The van der Waals surface area contributed by atoms with Gasteiger partial charge < -0.3 is 10.2 Å². The zero-order valence-corrected chi connectivity index (χ0v) is 15.7. The van der Waals surface area contributed by atoms with Crippen molar-refractivity contribution in [2.75, 3.05) is 31.5 Å². The van der Waals surface area contributed by atoms with E-state index in [1.54, 1.807) is 17.4 Å². The van der Waals surface area contributed by atoms with Crippen molar-refractivity contribution < 1.29 is 9.59 Å². The van der Waals surface area contributed by atoms with Crippen LogP contribution in [0.25, 0.3) is 6.08 Å². The summed E-state index contributed by atoms with van der Waals surface area (Å²) in [6, 6.07) is 11.7. The molecule has 1 aromatic heterocycles. The summed E-state index contributed by atoms with van der Waals surface area (Å²) in [6.45, 7) is 5.78. The summed E-state index contributed by atoms with van der Waals surface area (Å²) in [5.41, 5.74) is 1.69. The van der Waals surface area contributed by atoms with Gasteiger partial charge >= 0.3 is 0 Å². The third-order valence-electron chi connectivity index (χ3n) is 4.29. The van der Waals surface area contributed by atoms with E-state index < -0.39 is 0 Å². The fraction of sp³-hybridized carbons (Fsp3) is 0.300. The number of thiophene rings is 1. The lowest BCUT2D eigenvalue weighted by Crippen LogP contribution is -2.47. The third kappa shape index (κ3) is 5.28. The van der Waals surface area contributed by atoms with E-state index in [9.17, 15) is 9.59 Å². The molecule has 2 aromatic rings. The Morgan fingerprint density at radius 3 is 2.46 bits per heavy atom. The Bertz CT molecular complexity index is 761. The zero-order valence-electron chi connectivity index (χ0n) is 14.9. The molecule has 0 saturated carbocycles. The number of nitrogens with one attached hydrogen (secondary N) is 1. The Morgan fingerprint density at radius 1 is 1.12 bits per heavy atom. The van der Waals surface area contributed by atoms with E-state index in [4.69, 9.17) is 0 Å². The first-order valence-corrected chi connectivity index (χ1v) is 9.57. The predicted molar refractivity (Wildman–Crippen MR) is 106 cm³/mol. The van der Waals surface area contributed by atoms with Crippen LogP contribution in [0.1, 0.15) is 17.4 Å². The van der Waals surface area contributed by atoms with Gasteiger partial charge in [-0.2, -0.15) is 0 Å². The quantitative estimate of drug-likeness (QED) is 0.824. The normalized spacial score (nSPS) is 15.3. The maximum atomic E-state index is 12.4. The minimum atomic E-state index is -0.0957. The Labute approximate surface area is 157 Å². The summed E-state index contributed by atoms with van der Waals surface area (Å²) in [7, 11) is 0. The molecule has 0 aliphatic carbocycles. The molecule has 1 N–H and O–H groups in total. The molecule has 0 atom stereocenters. The Kier molecular flexibility index (Phi) is 6.20. The van der Waals surface area contributed by atoms with Crippen LogP contribution < -0.4 is 5.32 Å². The first-order valence-electron chi connectivity index (χ1n) is 8.69. The van der Waals surface area contributed by atoms with Crippen LogP contribution in [0.15, 0.2) is 47.9 Å². The Balaban J connectivity index is 1.47. The lowest BCUT2D eigenvalue weighted by molar-refractivity contribution is -0.127. The monoisotopic (exact) mass is 369 g/mol. The molecular weight excluding hydrogens is 346 g/mol. The summed E-state index contributed by atoms with van der Waals surface area (Å²) in [5, 5.41) is 4.83. The Morgan fingerprint density at radius 2 is 1.85 bits per heavy atom. The van der Waals surface area contributed by atoms with Crippen LogP contribution >= 0.6 is 11.3 Å². The second kappa shape index (κ2) is 8.78. The second-order valence-corrected chi connectivity index (χ2v) is 7.35. The number of rotatable bonds is 5. The summed E-state index contributed by atoms with van der Waals surface area (Å²) in [6.07, 6.45) is 3.44. The van der Waals surface area contributed by atoms with Gasteiger partial charge in [0.1, 0.15) is 0 Å². The van der Waals surface area contributed by atoms with Gasteiger partial charge in [-0.25, -0.2) is 0 Å². The number of benzene rings is 1. The highest BCUT2D eigenvalue weighted by Gasteiger charge is 2.19. The van der Waals surface area contributed by atoms with Crippen molar-refractivity contribution in [1.29, 1.82) is 0 Å². The van der Waals surface area contributed by atoms with Crippen LogP contribution in [0.5, 0.6) is 0 Å². The van der Waals surface area contributed by atoms with Gasteiger partial charge in [0.15, 0.2) is 0 Å². The largest absolute Gasteiger partial charge is 0.337 e. The van der Waals surface area contributed by atoms with E-state index in [1.807, 2.05) is 35.2 Å². The molecule has 0 radical (unpaired) electrons. The lowest BCUT2D eigenvalue weighted by atomic mass is 10.2. The van der Waals surface area contributed by atoms with Crippen LogP contribution in [0.3, 0.4) is 0 Å². The standard InChI is InChI=1S/C20H23N3O2S/c1-16(24)21-18-7-4-17(5-8-18)6-9-20(25)23-12-10-22(11-13-23)15-19-3-2-14-26-19/h2-9,14H,10-13,15H2,1H3,(H,21,24)/b9-6+. The fourth-order valence-electron chi connectivity index (χ4n) is 2.90. The molecule has 1 aliphatic heterocycles. The summed E-state index contributed by atoms with van der Waals surface area (Å²) in [4.78, 5) is 29.0. The van der Waals surface area contributed by atoms with Gasteiger partial charge in [-0.3, -0.25) is 14.5 Å². The highest BCUT2D eigenvalue weighted by molar-refractivity contribution is 7.09. The van der Waals surface area contributed by atoms with Gasteiger partial charge in [0, 0.05) is 56.3 Å². The average Bonchev–Trinajstić information content (AvgIpc) is 3.14. The van der Waals surface area contributed by atoms with E-state index in [2.05, 4.69) is 27.7 Å². The molecule has 3 rings (SSSR count). The van der Waals surface area contributed by atoms with E-state index in [0.29, 0.717) is 0 Å². The smallest absolute Gasteiger partial charge is 0.246 e. The molecule has 0 spiro atoms. The molecule has 0 unspecified atom stereocenters. The van der Waals surface area contributed by atoms with Crippen molar-refractivity contribution in [2.45, 2.75) is 13.5 Å². The summed E-state index contributed by atoms with van der Waals surface area (Å²) < 4.78 is 0. The van der Waals surface area contributed by atoms with E-state index in [0.717, 1.165) is 44.0 Å². The maximum Gasteiger partial charge on any atom is 0.246 e. The fourth-order valence-corrected chi connectivity index (χ4v) is 3.65. The van der Waals surface area contributed by atoms with Crippen LogP contribution in [-0.4, -0.2) is 47.8 Å². The van der Waals surface area contributed by atoms with Crippen LogP contribution in [-0.2, 0) is 16.1 Å². The van der Waals surface area contributed by atoms with Crippen molar-refractivity contribution in [2.24, 2.45) is 0 Å². The Hall–Kier alpha value is -2.44. The zero-order chi connectivity index (χ0) is 18.4. The predicted octanol–water partition coefficient (Wildman–Crippen LogP) is 3.06. The van der Waals surface area contributed by atoms with Crippen molar-refractivity contribution in [3.63, 3.8) is 0 Å². The average molecular weight is 369 g/mol. The minimum absolute atomic E-state index is 0.0479. The SMILES string of the molecule is CC(=O)Nc1ccc(/C=C/C(=O)N2CCN(Cc3cccs3)CC2)cc1. The van der Waals surface area contributed by atoms with E-state index >= 15 is 0 Å². The van der Waals surface area contributed by atoms with Crippen LogP contribution in [0.4, 0.5) is 5.69 Å². The number of anilines is 1. The molecule has 6 heteroatoms. The van der Waals surface area contributed by atoms with Gasteiger partial charge in [-0.05, 0) is 35.2 Å². The first kappa shape index (κ1) is 18.4. The van der Waals surface area contributed by atoms with Crippen molar-refractivity contribution in [1.82, 2.24) is 9.80 Å². The topological polar surface area (TPSA) is 52.7 Å². The summed E-state index contributed by atoms with van der Waals surface area (Å²) >= 11 is 1.78. The third-order valence-corrected chi connectivity index (χ3v) is 5.15. The van der Waals surface area contributed by atoms with Crippen molar-refractivity contribution in [3.05, 3.63) is 58.3 Å². The molecule has 26 heavy (non-hydrogen) atoms. The summed E-state index contributed by atoms with van der Waals surface area (Å²) in [5.74, 6) is -0.0478. The second-order valence-electron chi connectivity index (χ2n) is 6.32. The van der Waals surface area contributed by atoms with Gasteiger partial charge in [0.2, 0.25) is 11.8 Å². The number of piperazine rings is 1. The van der Waals surface area contributed by atoms with Crippen molar-refractivity contribution in [3.8, 4) is 0 Å². The van der Waals surface area contributed by atoms with Gasteiger partial charge in [-0.15, -0.1) is 11.3 Å². The highest BCUT2D eigenvalue weighted by Crippen LogP contribution is 2.14. The number of carbonyl (C=O) groups is 2. The number of nitrogens with zero attached hydrogens (tertiary/aromatic N) is 2. The minimum Gasteiger partial charge on any atom is -0.337 e. The molecule has 1 aliphatic rings. The van der Waals surface area contributed by atoms with Crippen LogP contribution in [0, 0.1) is 0 Å². The molecule has 1 fully saturated rings. The molecule has 1 aromatic carbocycles. The first-order chi connectivity index (χ1) is 12.6. The van der Waals surface area contributed by atoms with E-state index in [-0.39, 0.29) is 11.8 Å². The van der Waals surface area contributed by atoms with Gasteiger partial charge in [0.25, 0.3) is 0 Å². The molecule has 2 amide bonds. The van der Waals surface area contributed by atoms with Crippen LogP contribution in [0.2, 0.25) is 0 Å². The number of carbonyl (C=O) groups excluding carboxylic acids is 2. The molecule has 1 saturated heterocycles. The van der Waals surface area contributed by atoms with Gasteiger partial charge in [-0.1, -0.05) is 18.2 Å². The van der Waals surface area contributed by atoms with Crippen molar-refractivity contribution >= 4 is 34.9 Å².